The summed E-state index contributed by atoms with van der Waals surface area (Å²) in [4.78, 5) is 0. The van der Waals surface area contributed by atoms with Crippen molar-refractivity contribution in [2.75, 3.05) is 0 Å². The van der Waals surface area contributed by atoms with Crippen LogP contribution in [0.4, 0.5) is 8.78 Å². The Balaban J connectivity index is 1.59. The second-order valence-corrected chi connectivity index (χ2v) is 10.8. The molecule has 3 heteroatoms. The molecule has 136 valence electrons. The van der Waals surface area contributed by atoms with Crippen molar-refractivity contribution >= 4 is 8.80 Å². The topological polar surface area (TPSA) is 0 Å². The first-order valence-corrected chi connectivity index (χ1v) is 12.2. The quantitative estimate of drug-likeness (QED) is 0.441. The van der Waals surface area contributed by atoms with Crippen molar-refractivity contribution in [2.24, 2.45) is 0 Å². The monoisotopic (exact) mass is 368 g/mol. The molecular formula is C23H26F2Si. The van der Waals surface area contributed by atoms with Crippen LogP contribution < -0.4 is 0 Å². The summed E-state index contributed by atoms with van der Waals surface area (Å²) in [6.07, 6.45) is 5.45. The second-order valence-electron chi connectivity index (χ2n) is 7.36. The molecule has 0 unspecified atom stereocenters. The van der Waals surface area contributed by atoms with Crippen molar-refractivity contribution in [3.05, 3.63) is 70.8 Å². The predicted molar refractivity (Wildman–Crippen MR) is 107 cm³/mol. The fraction of sp³-hybridized carbons (Fsp3) is 0.391. The molecule has 3 rings (SSSR count). The Kier molecular flexibility index (Phi) is 6.63. The van der Waals surface area contributed by atoms with E-state index in [0.29, 0.717) is 11.5 Å². The van der Waals surface area contributed by atoms with Crippen LogP contribution in [0.3, 0.4) is 0 Å². The molecule has 0 atom stereocenters. The minimum atomic E-state index is -0.856. The zero-order chi connectivity index (χ0) is 18.4. The van der Waals surface area contributed by atoms with Gasteiger partial charge in [-0.05, 0) is 54.7 Å². The molecule has 1 aliphatic heterocycles. The highest BCUT2D eigenvalue weighted by molar-refractivity contribution is 6.59. The molecule has 0 spiro atoms. The van der Waals surface area contributed by atoms with E-state index in [1.807, 2.05) is 12.1 Å². The van der Waals surface area contributed by atoms with Crippen LogP contribution in [-0.4, -0.2) is 8.80 Å². The minimum Gasteiger partial charge on any atom is -0.204 e. The van der Waals surface area contributed by atoms with Crippen LogP contribution in [0, 0.1) is 23.5 Å². The molecule has 1 heterocycles. The second kappa shape index (κ2) is 9.14. The van der Waals surface area contributed by atoms with E-state index < -0.39 is 20.4 Å². The van der Waals surface area contributed by atoms with Gasteiger partial charge in [0.1, 0.15) is 0 Å². The van der Waals surface area contributed by atoms with Gasteiger partial charge in [0.05, 0.1) is 0 Å². The summed E-state index contributed by atoms with van der Waals surface area (Å²) in [6.45, 7) is 2.29. The Morgan fingerprint density at radius 1 is 0.923 bits per heavy atom. The van der Waals surface area contributed by atoms with Gasteiger partial charge in [-0.3, -0.25) is 0 Å². The van der Waals surface area contributed by atoms with Gasteiger partial charge in [0, 0.05) is 19.9 Å². The van der Waals surface area contributed by atoms with E-state index in [1.165, 1.54) is 55.4 Å². The lowest BCUT2D eigenvalue weighted by molar-refractivity contribution is 0.508. The van der Waals surface area contributed by atoms with Gasteiger partial charge < -0.3 is 0 Å². The van der Waals surface area contributed by atoms with Crippen molar-refractivity contribution in [2.45, 2.75) is 56.7 Å². The van der Waals surface area contributed by atoms with Gasteiger partial charge in [0.2, 0.25) is 0 Å². The molecule has 0 nitrogen and oxygen atoms in total. The maximum Gasteiger partial charge on any atom is 0.160 e. The van der Waals surface area contributed by atoms with Crippen molar-refractivity contribution in [3.8, 4) is 11.8 Å². The maximum atomic E-state index is 13.2. The minimum absolute atomic E-state index is 0.449. The van der Waals surface area contributed by atoms with Gasteiger partial charge in [-0.25, -0.2) is 8.78 Å². The normalized spacial score (nSPS) is 19.7. The average Bonchev–Trinajstić information content (AvgIpc) is 2.68. The number of unbranched alkanes of at least 4 members (excludes halogenated alkanes) is 1. The van der Waals surface area contributed by atoms with Crippen molar-refractivity contribution < 1.29 is 8.78 Å². The third kappa shape index (κ3) is 5.05. The fourth-order valence-electron chi connectivity index (χ4n) is 3.83. The molecule has 0 N–H and O–H groups in total. The smallest absolute Gasteiger partial charge is 0.160 e. The molecule has 0 saturated carbocycles. The third-order valence-corrected chi connectivity index (χ3v) is 8.99. The highest BCUT2D eigenvalue weighted by Gasteiger charge is 2.22. The number of hydrogen-bond donors (Lipinski definition) is 0. The first kappa shape index (κ1) is 18.9. The van der Waals surface area contributed by atoms with E-state index >= 15 is 0 Å². The fourth-order valence-corrected chi connectivity index (χ4v) is 7.43. The van der Waals surface area contributed by atoms with Crippen LogP contribution in [0.5, 0.6) is 0 Å². The van der Waals surface area contributed by atoms with Crippen molar-refractivity contribution in [1.82, 2.24) is 0 Å². The van der Waals surface area contributed by atoms with Gasteiger partial charge in [0.25, 0.3) is 0 Å². The van der Waals surface area contributed by atoms with E-state index in [-0.39, 0.29) is 0 Å². The van der Waals surface area contributed by atoms with E-state index in [9.17, 15) is 8.78 Å². The largest absolute Gasteiger partial charge is 0.204 e. The zero-order valence-corrected chi connectivity index (χ0v) is 16.6. The number of benzene rings is 2. The summed E-state index contributed by atoms with van der Waals surface area (Å²) < 4.78 is 26.2. The lowest BCUT2D eigenvalue weighted by Crippen LogP contribution is -2.20. The molecule has 1 saturated heterocycles. The lowest BCUT2D eigenvalue weighted by atomic mass is 9.93. The van der Waals surface area contributed by atoms with Gasteiger partial charge in [0.15, 0.2) is 11.6 Å². The molecule has 2 aromatic rings. The molecule has 0 bridgehead atoms. The molecule has 1 fully saturated rings. The first-order chi connectivity index (χ1) is 12.7. The lowest BCUT2D eigenvalue weighted by Gasteiger charge is -2.28. The van der Waals surface area contributed by atoms with Crippen LogP contribution in [0.1, 0.15) is 55.2 Å². The summed E-state index contributed by atoms with van der Waals surface area (Å²) in [5.41, 5.74) is 2.82. The number of hydrogen-bond acceptors (Lipinski definition) is 0. The molecule has 26 heavy (non-hydrogen) atoms. The van der Waals surface area contributed by atoms with Gasteiger partial charge >= 0.3 is 0 Å². The van der Waals surface area contributed by atoms with Crippen LogP contribution in [0.15, 0.2) is 42.5 Å². The third-order valence-electron chi connectivity index (χ3n) is 5.47. The molecule has 2 aromatic carbocycles. The summed E-state index contributed by atoms with van der Waals surface area (Å²) in [5.74, 6) is 4.94. The van der Waals surface area contributed by atoms with Crippen LogP contribution in [-0.2, 0) is 0 Å². The molecule has 0 aromatic heterocycles. The van der Waals surface area contributed by atoms with Crippen molar-refractivity contribution in [3.63, 3.8) is 0 Å². The highest BCUT2D eigenvalue weighted by atomic mass is 28.3. The van der Waals surface area contributed by atoms with Crippen molar-refractivity contribution in [1.29, 1.82) is 0 Å². The Morgan fingerprint density at radius 3 is 2.23 bits per heavy atom. The molecule has 0 amide bonds. The standard InChI is InChI=1S/C23H26F2Si/c1-2-3-14-26-15-12-21(13-16-26)20-9-6-18(7-10-20)4-5-19-8-11-22(24)23(25)17-19/h6-11,17,21,26H,2-3,12-16H2,1H3/t21-,26-. The van der Waals surface area contributed by atoms with E-state index in [2.05, 4.69) is 30.9 Å². The molecular weight excluding hydrogens is 342 g/mol. The van der Waals surface area contributed by atoms with Crippen LogP contribution >= 0.6 is 0 Å². The molecule has 0 aliphatic carbocycles. The van der Waals surface area contributed by atoms with Crippen LogP contribution in [0.25, 0.3) is 0 Å². The summed E-state index contributed by atoms with van der Waals surface area (Å²) in [7, 11) is -0.449. The Morgan fingerprint density at radius 2 is 1.58 bits per heavy atom. The Hall–Kier alpha value is -1.92. The molecule has 0 radical (unpaired) electrons. The zero-order valence-electron chi connectivity index (χ0n) is 15.4. The average molecular weight is 369 g/mol. The Bertz CT molecular complexity index is 778. The summed E-state index contributed by atoms with van der Waals surface area (Å²) >= 11 is 0. The Labute approximate surface area is 157 Å². The van der Waals surface area contributed by atoms with Crippen LogP contribution in [0.2, 0.25) is 18.1 Å². The van der Waals surface area contributed by atoms with E-state index in [4.69, 9.17) is 0 Å². The van der Waals surface area contributed by atoms with Gasteiger partial charge in [-0.15, -0.1) is 0 Å². The van der Waals surface area contributed by atoms with Gasteiger partial charge in [-0.1, -0.05) is 61.9 Å². The molecule has 1 aliphatic rings. The van der Waals surface area contributed by atoms with E-state index in [0.717, 1.165) is 17.7 Å². The highest BCUT2D eigenvalue weighted by Crippen LogP contribution is 2.35. The van der Waals surface area contributed by atoms with E-state index in [1.54, 1.807) is 0 Å². The summed E-state index contributed by atoms with van der Waals surface area (Å²) in [5, 5.41) is 0. The number of halogens is 2. The first-order valence-electron chi connectivity index (χ1n) is 9.72. The maximum absolute atomic E-state index is 13.2. The SMILES string of the molecule is CCCC[Si@H]1CC[C@H](c2ccc(C#Cc3ccc(F)c(F)c3)cc2)CC1. The number of rotatable bonds is 4. The predicted octanol–water partition coefficient (Wildman–Crippen LogP) is 6.27. The summed E-state index contributed by atoms with van der Waals surface area (Å²) in [6, 6.07) is 16.7. The van der Waals surface area contributed by atoms with Gasteiger partial charge in [-0.2, -0.15) is 0 Å².